The molecule has 0 aliphatic carbocycles. The molecule has 0 bridgehead atoms. The molecule has 2 aliphatic heterocycles. The highest BCUT2D eigenvalue weighted by atomic mass is 32.2. The molecule has 2 aliphatic rings. The molecule has 35 heavy (non-hydrogen) atoms. The van der Waals surface area contributed by atoms with Gasteiger partial charge in [-0.1, -0.05) is 84.6 Å². The van der Waals surface area contributed by atoms with E-state index in [0.717, 1.165) is 22.9 Å². The van der Waals surface area contributed by atoms with Gasteiger partial charge in [-0.2, -0.15) is 5.10 Å². The number of rotatable bonds is 8. The third-order valence-corrected chi connectivity index (χ3v) is 6.87. The lowest BCUT2D eigenvalue weighted by Gasteiger charge is -2.25. The van der Waals surface area contributed by atoms with Gasteiger partial charge < -0.3 is 9.84 Å². The third-order valence-electron chi connectivity index (χ3n) is 5.55. The van der Waals surface area contributed by atoms with Gasteiger partial charge in [-0.3, -0.25) is 14.7 Å². The number of carboxylic acid groups (broad SMARTS) is 1. The van der Waals surface area contributed by atoms with Crippen LogP contribution in [0.5, 0.6) is 0 Å². The fourth-order valence-electron chi connectivity index (χ4n) is 3.87. The molecule has 180 valence electrons. The number of amides is 1. The van der Waals surface area contributed by atoms with Crippen LogP contribution in [-0.2, 0) is 25.5 Å². The van der Waals surface area contributed by atoms with Gasteiger partial charge in [0.1, 0.15) is 10.4 Å². The summed E-state index contributed by atoms with van der Waals surface area (Å²) in [4.78, 5) is 39.6. The number of hydrazone groups is 1. The lowest BCUT2D eigenvalue weighted by molar-refractivity contribution is -0.150. The van der Waals surface area contributed by atoms with E-state index in [0.29, 0.717) is 5.71 Å². The van der Waals surface area contributed by atoms with E-state index in [-0.39, 0.29) is 28.7 Å². The Morgan fingerprint density at radius 1 is 1.20 bits per heavy atom. The molecule has 8 nitrogen and oxygen atoms in total. The molecule has 10 heteroatoms. The van der Waals surface area contributed by atoms with E-state index in [1.54, 1.807) is 6.92 Å². The maximum atomic E-state index is 13.4. The molecule has 1 N–H and O–H groups in total. The standard InChI is InChI=1S/C25H23N3O5S2/c1-2-33-24(32)20(13-16-9-5-3-6-10-16)28-22(29)21(35-25(28)34)15-27-19(23(30)31)14-18(26-27)17-11-7-4-8-12-17/h3-12,15,19-20H,2,13-14H2,1H3,(H,30,31)/b21-15-/t19-,20-/m0/s1. The van der Waals surface area contributed by atoms with Crippen molar-refractivity contribution in [1.29, 1.82) is 0 Å². The fourth-order valence-corrected chi connectivity index (χ4v) is 5.19. The molecule has 0 aromatic heterocycles. The van der Waals surface area contributed by atoms with Gasteiger partial charge >= 0.3 is 11.9 Å². The number of carboxylic acids is 1. The topological polar surface area (TPSA) is 99.5 Å². The van der Waals surface area contributed by atoms with Gasteiger partial charge in [0.25, 0.3) is 5.91 Å². The number of thiocarbonyl (C=S) groups is 1. The first-order valence-electron chi connectivity index (χ1n) is 11.0. The minimum Gasteiger partial charge on any atom is -0.480 e. The van der Waals surface area contributed by atoms with E-state index in [1.807, 2.05) is 60.7 Å². The first-order chi connectivity index (χ1) is 16.9. The number of hydrogen-bond acceptors (Lipinski definition) is 8. The van der Waals surface area contributed by atoms with Gasteiger partial charge in [0.05, 0.1) is 17.2 Å². The number of benzene rings is 2. The van der Waals surface area contributed by atoms with Crippen LogP contribution >= 0.6 is 24.0 Å². The maximum Gasteiger partial charge on any atom is 0.329 e. The van der Waals surface area contributed by atoms with Gasteiger partial charge in [-0.25, -0.2) is 9.59 Å². The molecule has 2 aromatic carbocycles. The number of aliphatic carboxylic acids is 1. The molecule has 2 heterocycles. The first kappa shape index (κ1) is 24.6. The van der Waals surface area contributed by atoms with Crippen LogP contribution < -0.4 is 0 Å². The predicted octanol–water partition coefficient (Wildman–Crippen LogP) is 3.43. The highest BCUT2D eigenvalue weighted by Gasteiger charge is 2.42. The van der Waals surface area contributed by atoms with Crippen LogP contribution in [-0.4, -0.2) is 61.6 Å². The minimum atomic E-state index is -1.06. The molecule has 0 unspecified atom stereocenters. The molecule has 1 amide bonds. The van der Waals surface area contributed by atoms with Crippen molar-refractivity contribution in [2.75, 3.05) is 6.61 Å². The van der Waals surface area contributed by atoms with Crippen molar-refractivity contribution in [3.63, 3.8) is 0 Å². The SMILES string of the molecule is CCOC(=O)[C@H](Cc1ccccc1)N1C(=O)/C(=C/N2N=C(c3ccccc3)C[C@H]2C(=O)O)SC1=S. The first-order valence-corrected chi connectivity index (χ1v) is 12.2. The number of ether oxygens (including phenoxy) is 1. The van der Waals surface area contributed by atoms with Crippen molar-refractivity contribution in [1.82, 2.24) is 9.91 Å². The summed E-state index contributed by atoms with van der Waals surface area (Å²) in [7, 11) is 0. The average Bonchev–Trinajstić information content (AvgIpc) is 3.40. The number of hydrogen-bond donors (Lipinski definition) is 1. The van der Waals surface area contributed by atoms with Gasteiger partial charge in [-0.15, -0.1) is 0 Å². The number of esters is 1. The van der Waals surface area contributed by atoms with E-state index in [9.17, 15) is 19.5 Å². The van der Waals surface area contributed by atoms with Crippen LogP contribution in [0.25, 0.3) is 0 Å². The summed E-state index contributed by atoms with van der Waals surface area (Å²) in [6.07, 6.45) is 1.82. The lowest BCUT2D eigenvalue weighted by atomic mass is 10.0. The molecule has 1 saturated heterocycles. The Balaban J connectivity index is 1.62. The second-order valence-corrected chi connectivity index (χ2v) is 9.52. The average molecular weight is 510 g/mol. The zero-order chi connectivity index (χ0) is 24.9. The monoisotopic (exact) mass is 509 g/mol. The number of carbonyl (C=O) groups is 3. The van der Waals surface area contributed by atoms with Crippen LogP contribution in [0.4, 0.5) is 0 Å². The Morgan fingerprint density at radius 3 is 2.49 bits per heavy atom. The summed E-state index contributed by atoms with van der Waals surface area (Å²) in [5.41, 5.74) is 2.27. The fraction of sp³-hybridized carbons (Fsp3) is 0.240. The molecule has 1 fully saturated rings. The van der Waals surface area contributed by atoms with Gasteiger partial charge in [0, 0.05) is 19.0 Å². The normalized spacial score (nSPS) is 19.7. The highest BCUT2D eigenvalue weighted by Crippen LogP contribution is 2.35. The highest BCUT2D eigenvalue weighted by molar-refractivity contribution is 8.26. The Bertz CT molecular complexity index is 1200. The molecule has 2 aromatic rings. The second kappa shape index (κ2) is 10.8. The molecule has 0 spiro atoms. The lowest BCUT2D eigenvalue weighted by Crippen LogP contribution is -2.46. The minimum absolute atomic E-state index is 0.166. The van der Waals surface area contributed by atoms with Crippen LogP contribution in [0.1, 0.15) is 24.5 Å². The van der Waals surface area contributed by atoms with Gasteiger partial charge in [-0.05, 0) is 18.1 Å². The molecule has 0 saturated carbocycles. The Kier molecular flexibility index (Phi) is 7.62. The Hall–Kier alpha value is -3.50. The maximum absolute atomic E-state index is 13.4. The smallest absolute Gasteiger partial charge is 0.329 e. The molecular weight excluding hydrogens is 486 g/mol. The summed E-state index contributed by atoms with van der Waals surface area (Å²) >= 11 is 6.47. The molecule has 0 radical (unpaired) electrons. The summed E-state index contributed by atoms with van der Waals surface area (Å²) in [6.45, 7) is 1.86. The van der Waals surface area contributed by atoms with Crippen molar-refractivity contribution < 1.29 is 24.2 Å². The van der Waals surface area contributed by atoms with Crippen molar-refractivity contribution in [2.45, 2.75) is 31.8 Å². The van der Waals surface area contributed by atoms with E-state index in [1.165, 1.54) is 16.1 Å². The second-order valence-electron chi connectivity index (χ2n) is 7.84. The molecule has 4 rings (SSSR count). The Labute approximate surface area is 212 Å². The van der Waals surface area contributed by atoms with Crippen molar-refractivity contribution in [3.05, 3.63) is 82.9 Å². The van der Waals surface area contributed by atoms with Crippen LogP contribution in [0, 0.1) is 0 Å². The largest absolute Gasteiger partial charge is 0.480 e. The van der Waals surface area contributed by atoms with Crippen LogP contribution in [0.3, 0.4) is 0 Å². The summed E-state index contributed by atoms with van der Waals surface area (Å²) < 4.78 is 5.44. The van der Waals surface area contributed by atoms with Gasteiger partial charge in [0.15, 0.2) is 6.04 Å². The number of thioether (sulfide) groups is 1. The van der Waals surface area contributed by atoms with Crippen molar-refractivity contribution in [3.8, 4) is 0 Å². The van der Waals surface area contributed by atoms with Crippen molar-refractivity contribution >= 4 is 51.9 Å². The van der Waals surface area contributed by atoms with Crippen LogP contribution in [0.2, 0.25) is 0 Å². The van der Waals surface area contributed by atoms with E-state index < -0.39 is 29.9 Å². The molecular formula is C25H23N3O5S2. The predicted molar refractivity (Wildman–Crippen MR) is 137 cm³/mol. The quantitative estimate of drug-likeness (QED) is 0.328. The number of carbonyl (C=O) groups excluding carboxylic acids is 2. The van der Waals surface area contributed by atoms with Crippen molar-refractivity contribution in [2.24, 2.45) is 5.10 Å². The summed E-state index contributed by atoms with van der Waals surface area (Å²) in [5.74, 6) is -2.09. The Morgan fingerprint density at radius 2 is 1.86 bits per heavy atom. The van der Waals surface area contributed by atoms with E-state index >= 15 is 0 Å². The van der Waals surface area contributed by atoms with E-state index in [2.05, 4.69) is 5.10 Å². The van der Waals surface area contributed by atoms with E-state index in [4.69, 9.17) is 17.0 Å². The zero-order valence-electron chi connectivity index (χ0n) is 18.9. The van der Waals surface area contributed by atoms with Crippen LogP contribution in [0.15, 0.2) is 76.9 Å². The summed E-state index contributed by atoms with van der Waals surface area (Å²) in [6, 6.07) is 16.7. The number of nitrogens with zero attached hydrogens (tertiary/aromatic N) is 3. The molecule has 2 atom stereocenters. The van der Waals surface area contributed by atoms with Gasteiger partial charge in [0.2, 0.25) is 0 Å². The zero-order valence-corrected chi connectivity index (χ0v) is 20.5. The third kappa shape index (κ3) is 5.44. The summed E-state index contributed by atoms with van der Waals surface area (Å²) in [5, 5.41) is 15.5.